The van der Waals surface area contributed by atoms with E-state index in [1.54, 1.807) is 35.3 Å². The van der Waals surface area contributed by atoms with Crippen LogP contribution in [0, 0.1) is 6.92 Å². The molecule has 0 unspecified atom stereocenters. The van der Waals surface area contributed by atoms with Crippen LogP contribution >= 0.6 is 11.3 Å². The van der Waals surface area contributed by atoms with E-state index in [2.05, 4.69) is 20.3 Å². The fraction of sp³-hybridized carbons (Fsp3) is 0.208. The molecule has 3 amide bonds. The first kappa shape index (κ1) is 21.0. The zero-order valence-electron chi connectivity index (χ0n) is 18.1. The molecule has 1 fully saturated rings. The number of anilines is 1. The number of fused-ring (bicyclic) bond motifs is 1. The molecule has 33 heavy (non-hydrogen) atoms. The zero-order valence-corrected chi connectivity index (χ0v) is 18.9. The Bertz CT molecular complexity index is 1320. The van der Waals surface area contributed by atoms with E-state index in [1.807, 2.05) is 42.5 Å². The van der Waals surface area contributed by atoms with E-state index >= 15 is 0 Å². The smallest absolute Gasteiger partial charge is 0.326 e. The monoisotopic (exact) mass is 458 g/mol. The van der Waals surface area contributed by atoms with Gasteiger partial charge < -0.3 is 10.2 Å². The minimum absolute atomic E-state index is 0.112. The first-order valence-electron chi connectivity index (χ1n) is 10.6. The van der Waals surface area contributed by atoms with Gasteiger partial charge in [-0.15, -0.1) is 0 Å². The first-order chi connectivity index (χ1) is 16.1. The Morgan fingerprint density at radius 2 is 1.97 bits per heavy atom. The molecule has 0 saturated carbocycles. The highest BCUT2D eigenvalue weighted by molar-refractivity contribution is 7.17. The lowest BCUT2D eigenvalue weighted by Gasteiger charge is -2.17. The number of para-hydroxylation sites is 1. The number of rotatable bonds is 6. The van der Waals surface area contributed by atoms with Crippen LogP contribution in [0.4, 0.5) is 9.93 Å². The van der Waals surface area contributed by atoms with Gasteiger partial charge in [-0.2, -0.15) is 0 Å². The molecule has 0 atom stereocenters. The number of amides is 3. The van der Waals surface area contributed by atoms with Gasteiger partial charge in [0.05, 0.1) is 11.2 Å². The van der Waals surface area contributed by atoms with Crippen LogP contribution < -0.4 is 10.2 Å². The second-order valence-electron chi connectivity index (χ2n) is 7.80. The van der Waals surface area contributed by atoms with Crippen molar-refractivity contribution >= 4 is 39.3 Å². The maximum atomic E-state index is 13.1. The molecule has 1 aromatic carbocycles. The summed E-state index contributed by atoms with van der Waals surface area (Å²) in [7, 11) is 0. The lowest BCUT2D eigenvalue weighted by Crippen LogP contribution is -2.31. The number of hydrogen-bond donors (Lipinski definition) is 1. The SMILES string of the molecule is Cc1nc(N2CCN(Cc3cccc4cccnc34)C2=O)sc1C(=O)NCc1cccnc1. The summed E-state index contributed by atoms with van der Waals surface area (Å²) >= 11 is 1.24. The summed E-state index contributed by atoms with van der Waals surface area (Å²) in [6, 6.07) is 13.6. The summed E-state index contributed by atoms with van der Waals surface area (Å²) < 4.78 is 0. The summed E-state index contributed by atoms with van der Waals surface area (Å²) in [5, 5.41) is 4.50. The molecule has 0 bridgehead atoms. The molecule has 0 aliphatic carbocycles. The van der Waals surface area contributed by atoms with Crippen LogP contribution in [0.5, 0.6) is 0 Å². The van der Waals surface area contributed by atoms with Gasteiger partial charge in [-0.05, 0) is 30.2 Å². The van der Waals surface area contributed by atoms with Gasteiger partial charge >= 0.3 is 6.03 Å². The fourth-order valence-electron chi connectivity index (χ4n) is 3.88. The number of nitrogens with zero attached hydrogens (tertiary/aromatic N) is 5. The van der Waals surface area contributed by atoms with Gasteiger partial charge in [0.1, 0.15) is 4.88 Å². The maximum Gasteiger partial charge on any atom is 0.326 e. The molecule has 5 rings (SSSR count). The molecule has 0 radical (unpaired) electrons. The third-order valence-corrected chi connectivity index (χ3v) is 6.75. The van der Waals surface area contributed by atoms with Gasteiger partial charge in [0.25, 0.3) is 5.91 Å². The number of aromatic nitrogens is 3. The lowest BCUT2D eigenvalue weighted by molar-refractivity contribution is 0.0954. The van der Waals surface area contributed by atoms with Crippen molar-refractivity contribution in [2.75, 3.05) is 18.0 Å². The molecule has 9 heteroatoms. The average molecular weight is 459 g/mol. The number of aryl methyl sites for hydroxylation is 1. The highest BCUT2D eigenvalue weighted by atomic mass is 32.1. The Hall–Kier alpha value is -3.85. The number of carbonyl (C=O) groups is 2. The van der Waals surface area contributed by atoms with E-state index in [-0.39, 0.29) is 11.9 Å². The number of hydrogen-bond acceptors (Lipinski definition) is 6. The van der Waals surface area contributed by atoms with Crippen molar-refractivity contribution in [3.63, 3.8) is 0 Å². The van der Waals surface area contributed by atoms with E-state index in [9.17, 15) is 9.59 Å². The standard InChI is InChI=1S/C24H22N6O2S/c1-16-21(22(31)27-14-17-5-3-9-25-13-17)33-23(28-16)30-12-11-29(24(30)32)15-19-7-2-6-18-8-4-10-26-20(18)19/h2-10,13H,11-12,14-15H2,1H3,(H,27,31). The van der Waals surface area contributed by atoms with Crippen molar-refractivity contribution < 1.29 is 9.59 Å². The molecule has 3 aromatic heterocycles. The van der Waals surface area contributed by atoms with Crippen LogP contribution in [0.15, 0.2) is 61.1 Å². The molecule has 4 heterocycles. The van der Waals surface area contributed by atoms with E-state index < -0.39 is 0 Å². The van der Waals surface area contributed by atoms with Gasteiger partial charge in [-0.3, -0.25) is 19.7 Å². The quantitative estimate of drug-likeness (QED) is 0.475. The fourth-order valence-corrected chi connectivity index (χ4v) is 4.88. The molecular formula is C24H22N6O2S. The Morgan fingerprint density at radius 3 is 2.82 bits per heavy atom. The number of urea groups is 1. The largest absolute Gasteiger partial charge is 0.347 e. The number of carbonyl (C=O) groups excluding carboxylic acids is 2. The number of benzene rings is 1. The van der Waals surface area contributed by atoms with Gasteiger partial charge in [0.2, 0.25) is 0 Å². The van der Waals surface area contributed by atoms with E-state index in [0.717, 1.165) is 22.0 Å². The molecule has 0 spiro atoms. The van der Waals surface area contributed by atoms with Crippen LogP contribution in [0.25, 0.3) is 10.9 Å². The number of pyridine rings is 2. The predicted octanol–water partition coefficient (Wildman–Crippen LogP) is 3.77. The van der Waals surface area contributed by atoms with Crippen molar-refractivity contribution in [2.45, 2.75) is 20.0 Å². The van der Waals surface area contributed by atoms with Crippen LogP contribution in [0.2, 0.25) is 0 Å². The Morgan fingerprint density at radius 1 is 1.12 bits per heavy atom. The summed E-state index contributed by atoms with van der Waals surface area (Å²) in [5.41, 5.74) is 3.45. The molecular weight excluding hydrogens is 436 g/mol. The minimum atomic E-state index is -0.203. The Labute approximate surface area is 194 Å². The number of thiazole rings is 1. The van der Waals surface area contributed by atoms with Gasteiger partial charge in [-0.25, -0.2) is 9.78 Å². The van der Waals surface area contributed by atoms with E-state index in [1.165, 1.54) is 11.3 Å². The normalized spacial score (nSPS) is 13.7. The summed E-state index contributed by atoms with van der Waals surface area (Å²) in [4.78, 5) is 42.9. The van der Waals surface area contributed by atoms with Gasteiger partial charge in [-0.1, -0.05) is 41.7 Å². The Kier molecular flexibility index (Phi) is 5.70. The topological polar surface area (TPSA) is 91.3 Å². The molecule has 166 valence electrons. The van der Waals surface area contributed by atoms with Crippen LogP contribution in [-0.4, -0.2) is 44.9 Å². The Balaban J connectivity index is 1.28. The second-order valence-corrected chi connectivity index (χ2v) is 8.78. The highest BCUT2D eigenvalue weighted by Gasteiger charge is 2.32. The molecule has 1 N–H and O–H groups in total. The molecule has 4 aromatic rings. The lowest BCUT2D eigenvalue weighted by atomic mass is 10.1. The molecule has 1 aliphatic heterocycles. The minimum Gasteiger partial charge on any atom is -0.347 e. The van der Waals surface area contributed by atoms with Gasteiger partial charge in [0.15, 0.2) is 5.13 Å². The van der Waals surface area contributed by atoms with Crippen LogP contribution in [0.3, 0.4) is 0 Å². The molecule has 8 nitrogen and oxygen atoms in total. The van der Waals surface area contributed by atoms with Gasteiger partial charge in [0, 0.05) is 50.2 Å². The summed E-state index contributed by atoms with van der Waals surface area (Å²) in [6.45, 7) is 3.77. The number of nitrogens with one attached hydrogen (secondary N) is 1. The van der Waals surface area contributed by atoms with Crippen LogP contribution in [0.1, 0.15) is 26.5 Å². The van der Waals surface area contributed by atoms with Crippen molar-refractivity contribution in [1.82, 2.24) is 25.2 Å². The molecule has 1 aliphatic rings. The van der Waals surface area contributed by atoms with Crippen molar-refractivity contribution in [3.05, 3.63) is 82.8 Å². The third-order valence-electron chi connectivity index (χ3n) is 5.57. The maximum absolute atomic E-state index is 13.1. The molecule has 1 saturated heterocycles. The van der Waals surface area contributed by atoms with Crippen molar-refractivity contribution in [2.24, 2.45) is 0 Å². The van der Waals surface area contributed by atoms with Crippen LogP contribution in [-0.2, 0) is 13.1 Å². The van der Waals surface area contributed by atoms with E-state index in [0.29, 0.717) is 41.9 Å². The first-order valence-corrected chi connectivity index (χ1v) is 11.5. The second kappa shape index (κ2) is 8.95. The van der Waals surface area contributed by atoms with Crippen molar-refractivity contribution in [3.8, 4) is 0 Å². The average Bonchev–Trinajstić information content (AvgIpc) is 3.40. The zero-order chi connectivity index (χ0) is 22.8. The van der Waals surface area contributed by atoms with Crippen molar-refractivity contribution in [1.29, 1.82) is 0 Å². The summed E-state index contributed by atoms with van der Waals surface area (Å²) in [6.07, 6.45) is 5.18. The summed E-state index contributed by atoms with van der Waals surface area (Å²) in [5.74, 6) is -0.203. The predicted molar refractivity (Wildman–Crippen MR) is 127 cm³/mol. The third kappa shape index (κ3) is 4.27. The highest BCUT2D eigenvalue weighted by Crippen LogP contribution is 2.30. The van der Waals surface area contributed by atoms with E-state index in [4.69, 9.17) is 0 Å².